The maximum atomic E-state index is 12.4. The third-order valence-corrected chi connectivity index (χ3v) is 7.38. The van der Waals surface area contributed by atoms with Crippen molar-refractivity contribution >= 4 is 5.91 Å². The van der Waals surface area contributed by atoms with E-state index in [0.717, 1.165) is 18.7 Å². The molecule has 0 radical (unpaired) electrons. The minimum absolute atomic E-state index is 0.0301. The Morgan fingerprint density at radius 3 is 2.46 bits per heavy atom. The number of carbonyl (C=O) groups excluding carboxylic acids is 1. The number of amides is 1. The fourth-order valence-corrected chi connectivity index (χ4v) is 5.44. The van der Waals surface area contributed by atoms with E-state index in [4.69, 9.17) is 4.52 Å². The molecule has 1 atom stereocenters. The molecule has 0 unspecified atom stereocenters. The van der Waals surface area contributed by atoms with Gasteiger partial charge < -0.3 is 19.8 Å². The Labute approximate surface area is 219 Å². The number of aliphatic hydroxyl groups is 1. The average Bonchev–Trinajstić information content (AvgIpc) is 3.30. The van der Waals surface area contributed by atoms with E-state index >= 15 is 0 Å². The van der Waals surface area contributed by atoms with Crippen LogP contribution in [0.25, 0.3) is 11.4 Å². The second-order valence-electron chi connectivity index (χ2n) is 11.7. The number of rotatable bonds is 9. The number of carbonyl (C=O) groups is 1. The number of hydrogen-bond donors (Lipinski definition) is 2. The van der Waals surface area contributed by atoms with Crippen LogP contribution in [0.4, 0.5) is 0 Å². The summed E-state index contributed by atoms with van der Waals surface area (Å²) in [4.78, 5) is 23.1. The van der Waals surface area contributed by atoms with Crippen LogP contribution in [0.2, 0.25) is 0 Å². The number of likely N-dealkylation sites (tertiary alicyclic amines) is 1. The molecule has 8 heteroatoms. The average molecular weight is 506 g/mol. The zero-order chi connectivity index (χ0) is 27.0. The molecule has 198 valence electrons. The van der Waals surface area contributed by atoms with Crippen LogP contribution in [0.3, 0.4) is 0 Å². The maximum absolute atomic E-state index is 12.4. The van der Waals surface area contributed by atoms with Crippen LogP contribution in [0, 0.1) is 5.41 Å². The van der Waals surface area contributed by atoms with Crippen molar-refractivity contribution in [1.82, 2.24) is 25.3 Å². The highest BCUT2D eigenvalue weighted by atomic mass is 16.5. The summed E-state index contributed by atoms with van der Waals surface area (Å²) in [6, 6.07) is 10.2. The lowest BCUT2D eigenvalue weighted by Crippen LogP contribution is -2.63. The lowest BCUT2D eigenvalue weighted by Gasteiger charge is -2.55. The summed E-state index contributed by atoms with van der Waals surface area (Å²) in [5.74, 6) is 1.20. The zero-order valence-electron chi connectivity index (χ0n) is 23.0. The lowest BCUT2D eigenvalue weighted by molar-refractivity contribution is -0.127. The number of hydrogen-bond acceptors (Lipinski definition) is 7. The second-order valence-corrected chi connectivity index (χ2v) is 11.7. The second kappa shape index (κ2) is 9.99. The van der Waals surface area contributed by atoms with Gasteiger partial charge in [0.2, 0.25) is 17.6 Å². The van der Waals surface area contributed by atoms with E-state index < -0.39 is 16.6 Å². The Hall–Kier alpha value is -3.10. The van der Waals surface area contributed by atoms with Crippen molar-refractivity contribution in [2.45, 2.75) is 71.4 Å². The molecule has 1 amide bonds. The first-order chi connectivity index (χ1) is 17.4. The van der Waals surface area contributed by atoms with Gasteiger partial charge in [-0.3, -0.25) is 9.78 Å². The molecule has 1 fully saturated rings. The lowest BCUT2D eigenvalue weighted by atomic mass is 9.62. The molecule has 1 aromatic carbocycles. The van der Waals surface area contributed by atoms with Gasteiger partial charge in [-0.2, -0.15) is 4.98 Å². The van der Waals surface area contributed by atoms with E-state index in [1.165, 1.54) is 5.56 Å². The Kier molecular flexibility index (Phi) is 7.27. The molecule has 2 aromatic heterocycles. The summed E-state index contributed by atoms with van der Waals surface area (Å²) in [5, 5.41) is 19.6. The number of benzene rings is 1. The van der Waals surface area contributed by atoms with Crippen molar-refractivity contribution in [1.29, 1.82) is 0 Å². The third-order valence-electron chi connectivity index (χ3n) is 7.38. The number of nitrogens with zero attached hydrogens (tertiary/aromatic N) is 4. The highest BCUT2D eigenvalue weighted by Gasteiger charge is 2.55. The molecule has 3 heterocycles. The SMILES string of the molecule is CCC(=O)NC(C)(C)Cc1nc(-c2cncc([C@@](O)(c3ccc(C(C)C)cc3)C3(C)CN(C)C3)c2)no1. The van der Waals surface area contributed by atoms with Crippen molar-refractivity contribution in [3.63, 3.8) is 0 Å². The molecule has 0 bridgehead atoms. The third kappa shape index (κ3) is 5.31. The van der Waals surface area contributed by atoms with Crippen molar-refractivity contribution in [3.05, 3.63) is 65.3 Å². The Morgan fingerprint density at radius 2 is 1.86 bits per heavy atom. The van der Waals surface area contributed by atoms with E-state index in [1.54, 1.807) is 12.4 Å². The van der Waals surface area contributed by atoms with Crippen LogP contribution >= 0.6 is 0 Å². The molecule has 0 spiro atoms. The van der Waals surface area contributed by atoms with Gasteiger partial charge in [0.15, 0.2) is 0 Å². The monoisotopic (exact) mass is 505 g/mol. The summed E-state index contributed by atoms with van der Waals surface area (Å²) in [6.07, 6.45) is 4.22. The van der Waals surface area contributed by atoms with Gasteiger partial charge in [-0.1, -0.05) is 57.1 Å². The van der Waals surface area contributed by atoms with Gasteiger partial charge in [-0.05, 0) is 44.0 Å². The highest BCUT2D eigenvalue weighted by Crippen LogP contribution is 2.50. The molecule has 2 N–H and O–H groups in total. The van der Waals surface area contributed by atoms with Crippen LogP contribution in [0.15, 0.2) is 47.2 Å². The summed E-state index contributed by atoms with van der Waals surface area (Å²) in [6.45, 7) is 13.6. The van der Waals surface area contributed by atoms with Gasteiger partial charge in [0.1, 0.15) is 5.60 Å². The minimum atomic E-state index is -1.25. The zero-order valence-corrected chi connectivity index (χ0v) is 23.0. The highest BCUT2D eigenvalue weighted by molar-refractivity contribution is 5.76. The smallest absolute Gasteiger partial charge is 0.229 e. The first kappa shape index (κ1) is 26.9. The van der Waals surface area contributed by atoms with E-state index in [-0.39, 0.29) is 5.91 Å². The topological polar surface area (TPSA) is 104 Å². The van der Waals surface area contributed by atoms with E-state index in [0.29, 0.717) is 41.6 Å². The van der Waals surface area contributed by atoms with Gasteiger partial charge in [0.25, 0.3) is 0 Å². The number of pyridine rings is 1. The molecule has 0 aliphatic carbocycles. The summed E-state index contributed by atoms with van der Waals surface area (Å²) in [5.41, 5.74) is 1.25. The van der Waals surface area contributed by atoms with E-state index in [9.17, 15) is 9.90 Å². The quantitative estimate of drug-likeness (QED) is 0.447. The van der Waals surface area contributed by atoms with Gasteiger partial charge in [-0.25, -0.2) is 0 Å². The normalized spacial score (nSPS) is 17.3. The molecule has 37 heavy (non-hydrogen) atoms. The molecule has 3 aromatic rings. The maximum Gasteiger partial charge on any atom is 0.229 e. The summed E-state index contributed by atoms with van der Waals surface area (Å²) < 4.78 is 5.52. The van der Waals surface area contributed by atoms with Gasteiger partial charge in [0.05, 0.1) is 0 Å². The molecular weight excluding hydrogens is 466 g/mol. The fraction of sp³-hybridized carbons (Fsp3) is 0.517. The van der Waals surface area contributed by atoms with Crippen molar-refractivity contribution < 1.29 is 14.4 Å². The van der Waals surface area contributed by atoms with Crippen molar-refractivity contribution in [3.8, 4) is 11.4 Å². The number of nitrogens with one attached hydrogen (secondary N) is 1. The fourth-order valence-electron chi connectivity index (χ4n) is 5.44. The molecule has 1 aliphatic heterocycles. The predicted octanol–water partition coefficient (Wildman–Crippen LogP) is 4.29. The van der Waals surface area contributed by atoms with E-state index in [2.05, 4.69) is 65.3 Å². The predicted molar refractivity (Wildman–Crippen MR) is 143 cm³/mol. The largest absolute Gasteiger partial charge is 0.380 e. The van der Waals surface area contributed by atoms with Gasteiger partial charge in [-0.15, -0.1) is 0 Å². The van der Waals surface area contributed by atoms with Crippen LogP contribution in [-0.4, -0.2) is 56.7 Å². The van der Waals surface area contributed by atoms with Gasteiger partial charge >= 0.3 is 0 Å². The molecular formula is C29H39N5O3. The van der Waals surface area contributed by atoms with Crippen LogP contribution in [0.1, 0.15) is 76.5 Å². The first-order valence-corrected chi connectivity index (χ1v) is 13.0. The van der Waals surface area contributed by atoms with Gasteiger partial charge in [0, 0.05) is 60.4 Å². The Bertz CT molecular complexity index is 1240. The van der Waals surface area contributed by atoms with E-state index in [1.807, 2.05) is 39.0 Å². The summed E-state index contributed by atoms with van der Waals surface area (Å²) in [7, 11) is 2.06. The first-order valence-electron chi connectivity index (χ1n) is 13.0. The molecule has 1 aliphatic rings. The Morgan fingerprint density at radius 1 is 1.19 bits per heavy atom. The van der Waals surface area contributed by atoms with Crippen LogP contribution in [0.5, 0.6) is 0 Å². The van der Waals surface area contributed by atoms with Crippen molar-refractivity contribution in [2.24, 2.45) is 5.41 Å². The molecule has 0 saturated carbocycles. The molecule has 8 nitrogen and oxygen atoms in total. The molecule has 1 saturated heterocycles. The summed E-state index contributed by atoms with van der Waals surface area (Å²) >= 11 is 0. The van der Waals surface area contributed by atoms with Crippen molar-refractivity contribution in [2.75, 3.05) is 20.1 Å². The standard InChI is InChI=1S/C29H39N5O3/c1-8-24(35)32-27(4,5)14-25-31-26(33-37-25)21-13-23(16-30-15-21)29(36,28(6)17-34(7)18-28)22-11-9-20(10-12-22)19(2)3/h9-13,15-16,19,36H,8,14,17-18H2,1-7H3,(H,32,35)/t29-/m0/s1. The number of aromatic nitrogens is 3. The minimum Gasteiger partial charge on any atom is -0.380 e. The molecule has 4 rings (SSSR count). The Balaban J connectivity index is 1.68. The van der Waals surface area contributed by atoms with Crippen LogP contribution in [-0.2, 0) is 16.8 Å². The van der Waals surface area contributed by atoms with Crippen LogP contribution < -0.4 is 5.32 Å².